The molecular weight excluding hydrogens is 390 g/mol. The average Bonchev–Trinajstić information content (AvgIpc) is 2.66. The zero-order valence-corrected chi connectivity index (χ0v) is 21.2. The lowest BCUT2D eigenvalue weighted by atomic mass is 9.74. The molecule has 0 aromatic heterocycles. The van der Waals surface area contributed by atoms with Crippen LogP contribution in [0.25, 0.3) is 0 Å². The van der Waals surface area contributed by atoms with Crippen molar-refractivity contribution in [3.8, 4) is 5.75 Å². The summed E-state index contributed by atoms with van der Waals surface area (Å²) in [5.74, 6) is 0.216. The van der Waals surface area contributed by atoms with E-state index in [0.717, 1.165) is 27.9 Å². The molecule has 0 spiro atoms. The number of nitrogens with two attached hydrogens (primary N) is 1. The molecule has 1 atom stereocenters. The zero-order chi connectivity index (χ0) is 24.0. The Labute approximate surface area is 194 Å². The van der Waals surface area contributed by atoms with Crippen molar-refractivity contribution in [2.24, 2.45) is 0 Å². The minimum Gasteiger partial charge on any atom is -0.507 e. The van der Waals surface area contributed by atoms with Crippen LogP contribution in [0.2, 0.25) is 0 Å². The quantitative estimate of drug-likeness (QED) is 0.331. The van der Waals surface area contributed by atoms with Crippen LogP contribution >= 0.6 is 0 Å². The van der Waals surface area contributed by atoms with E-state index in [1.165, 1.54) is 22.3 Å². The molecule has 2 nitrogen and oxygen atoms in total. The van der Waals surface area contributed by atoms with Crippen LogP contribution in [0.4, 0.5) is 5.69 Å². The molecule has 0 amide bonds. The predicted octanol–water partition coefficient (Wildman–Crippen LogP) is 7.67. The van der Waals surface area contributed by atoms with Crippen LogP contribution in [0.1, 0.15) is 92.0 Å². The van der Waals surface area contributed by atoms with E-state index in [9.17, 15) is 5.11 Å². The number of benzene rings is 3. The number of nitrogen functional groups attached to an aromatic ring is 1. The molecule has 0 saturated heterocycles. The van der Waals surface area contributed by atoms with Gasteiger partial charge in [-0.05, 0) is 65.5 Å². The molecule has 3 rings (SSSR count). The Kier molecular flexibility index (Phi) is 6.21. The van der Waals surface area contributed by atoms with Gasteiger partial charge in [0.15, 0.2) is 0 Å². The first kappa shape index (κ1) is 23.9. The molecule has 1 unspecified atom stereocenters. The minimum atomic E-state index is -0.171. The van der Waals surface area contributed by atoms with Gasteiger partial charge in [0.2, 0.25) is 0 Å². The van der Waals surface area contributed by atoms with Gasteiger partial charge in [-0.1, -0.05) is 95.1 Å². The lowest BCUT2D eigenvalue weighted by molar-refractivity contribution is 0.439. The third kappa shape index (κ3) is 4.55. The molecule has 170 valence electrons. The van der Waals surface area contributed by atoms with Gasteiger partial charge in [0.05, 0.1) is 0 Å². The van der Waals surface area contributed by atoms with Crippen LogP contribution in [0.5, 0.6) is 5.75 Å². The summed E-state index contributed by atoms with van der Waals surface area (Å²) in [5, 5.41) is 11.6. The fourth-order valence-corrected chi connectivity index (χ4v) is 4.84. The highest BCUT2D eigenvalue weighted by Crippen LogP contribution is 2.46. The second-order valence-corrected chi connectivity index (χ2v) is 11.3. The van der Waals surface area contributed by atoms with Crippen molar-refractivity contribution in [3.63, 3.8) is 0 Å². The molecule has 3 aromatic carbocycles. The third-order valence-electron chi connectivity index (χ3n) is 6.42. The van der Waals surface area contributed by atoms with Crippen molar-refractivity contribution >= 4 is 5.69 Å². The molecule has 0 aliphatic rings. The summed E-state index contributed by atoms with van der Waals surface area (Å²) < 4.78 is 0. The number of aromatic hydroxyl groups is 1. The summed E-state index contributed by atoms with van der Waals surface area (Å²) in [6.07, 6.45) is 0. The van der Waals surface area contributed by atoms with Crippen molar-refractivity contribution in [2.45, 2.75) is 79.1 Å². The number of phenolic OH excluding ortho intramolecular Hbond substituents is 1. The number of phenols is 1. The molecule has 0 aliphatic carbocycles. The smallest absolute Gasteiger partial charge is 0.123 e. The Bertz CT molecular complexity index is 1070. The van der Waals surface area contributed by atoms with Crippen molar-refractivity contribution in [1.29, 1.82) is 0 Å². The van der Waals surface area contributed by atoms with Crippen LogP contribution in [0.15, 0.2) is 48.5 Å². The number of hydrogen-bond acceptors (Lipinski definition) is 2. The lowest BCUT2D eigenvalue weighted by Crippen LogP contribution is -2.18. The summed E-state index contributed by atoms with van der Waals surface area (Å²) in [7, 11) is 0. The molecule has 0 bridgehead atoms. The predicted molar refractivity (Wildman–Crippen MR) is 138 cm³/mol. The highest BCUT2D eigenvalue weighted by molar-refractivity contribution is 5.62. The molecule has 0 fully saturated rings. The first-order chi connectivity index (χ1) is 14.7. The summed E-state index contributed by atoms with van der Waals surface area (Å²) in [5.41, 5.74) is 16.2. The highest BCUT2D eigenvalue weighted by Gasteiger charge is 2.30. The number of rotatable bonds is 3. The van der Waals surface area contributed by atoms with Gasteiger partial charge in [0.1, 0.15) is 5.75 Å². The summed E-state index contributed by atoms with van der Waals surface area (Å²) >= 11 is 0. The van der Waals surface area contributed by atoms with Crippen molar-refractivity contribution in [1.82, 2.24) is 0 Å². The van der Waals surface area contributed by atoms with E-state index in [1.807, 2.05) is 18.2 Å². The maximum atomic E-state index is 11.6. The van der Waals surface area contributed by atoms with Crippen LogP contribution < -0.4 is 5.73 Å². The zero-order valence-electron chi connectivity index (χ0n) is 21.2. The van der Waals surface area contributed by atoms with E-state index in [0.29, 0.717) is 5.75 Å². The Balaban J connectivity index is 2.45. The van der Waals surface area contributed by atoms with Crippen molar-refractivity contribution in [3.05, 3.63) is 93.0 Å². The van der Waals surface area contributed by atoms with E-state index < -0.39 is 0 Å². The molecule has 0 radical (unpaired) electrons. The number of anilines is 1. The first-order valence-corrected chi connectivity index (χ1v) is 11.5. The lowest BCUT2D eigenvalue weighted by Gasteiger charge is -2.31. The van der Waals surface area contributed by atoms with E-state index in [-0.39, 0.29) is 16.7 Å². The van der Waals surface area contributed by atoms with Crippen molar-refractivity contribution in [2.75, 3.05) is 5.73 Å². The molecule has 0 heterocycles. The molecule has 0 saturated carbocycles. The molecule has 3 N–H and O–H groups in total. The van der Waals surface area contributed by atoms with Gasteiger partial charge in [-0.3, -0.25) is 0 Å². The summed E-state index contributed by atoms with van der Waals surface area (Å²) in [6, 6.07) is 16.8. The largest absolute Gasteiger partial charge is 0.507 e. The Hall–Kier alpha value is -2.74. The maximum absolute atomic E-state index is 11.6. The Morgan fingerprint density at radius 2 is 1.19 bits per heavy atom. The average molecular weight is 430 g/mol. The van der Waals surface area contributed by atoms with Gasteiger partial charge in [0.25, 0.3) is 0 Å². The SMILES string of the molecule is Cc1cc(C(c2ccccc2N)c2cc(C)cc(C(C)(C)C)c2O)c(C)c(C(C)(C)C)c1. The fraction of sp³-hybridized carbons (Fsp3) is 0.400. The normalized spacial score (nSPS) is 13.3. The van der Waals surface area contributed by atoms with Crippen LogP contribution in [-0.4, -0.2) is 5.11 Å². The summed E-state index contributed by atoms with van der Waals surface area (Å²) in [6.45, 7) is 19.7. The van der Waals surface area contributed by atoms with Gasteiger partial charge < -0.3 is 10.8 Å². The van der Waals surface area contributed by atoms with Crippen molar-refractivity contribution < 1.29 is 5.11 Å². The van der Waals surface area contributed by atoms with Crippen LogP contribution in [0, 0.1) is 20.8 Å². The van der Waals surface area contributed by atoms with Gasteiger partial charge in [-0.2, -0.15) is 0 Å². The van der Waals surface area contributed by atoms with Crippen LogP contribution in [-0.2, 0) is 10.8 Å². The number of para-hydroxylation sites is 1. The topological polar surface area (TPSA) is 46.2 Å². The molecule has 0 aliphatic heterocycles. The van der Waals surface area contributed by atoms with Crippen LogP contribution in [0.3, 0.4) is 0 Å². The second kappa shape index (κ2) is 8.31. The van der Waals surface area contributed by atoms with Gasteiger partial charge in [-0.15, -0.1) is 0 Å². The monoisotopic (exact) mass is 429 g/mol. The molecular formula is C30H39NO. The Morgan fingerprint density at radius 3 is 1.72 bits per heavy atom. The Morgan fingerprint density at radius 1 is 0.688 bits per heavy atom. The standard InChI is InChI=1S/C30H39NO/c1-18-14-22(20(3)24(16-18)29(4,5)6)27(21-12-10-11-13-26(21)31)23-15-19(2)17-25(28(23)32)30(7,8)9/h10-17,27,32H,31H2,1-9H3. The van der Waals surface area contributed by atoms with Gasteiger partial charge in [-0.25, -0.2) is 0 Å². The molecule has 3 aromatic rings. The molecule has 32 heavy (non-hydrogen) atoms. The minimum absolute atomic E-state index is 0.0167. The van der Waals surface area contributed by atoms with Gasteiger partial charge in [0, 0.05) is 17.2 Å². The highest BCUT2D eigenvalue weighted by atomic mass is 16.3. The summed E-state index contributed by atoms with van der Waals surface area (Å²) in [4.78, 5) is 0. The number of hydrogen-bond donors (Lipinski definition) is 2. The van der Waals surface area contributed by atoms with Gasteiger partial charge >= 0.3 is 0 Å². The maximum Gasteiger partial charge on any atom is 0.123 e. The van der Waals surface area contributed by atoms with E-state index in [1.54, 1.807) is 0 Å². The van der Waals surface area contributed by atoms with E-state index in [2.05, 4.69) is 92.6 Å². The van der Waals surface area contributed by atoms with E-state index in [4.69, 9.17) is 5.73 Å². The van der Waals surface area contributed by atoms with E-state index >= 15 is 0 Å². The second-order valence-electron chi connectivity index (χ2n) is 11.3. The first-order valence-electron chi connectivity index (χ1n) is 11.5. The fourth-order valence-electron chi connectivity index (χ4n) is 4.84. The number of aryl methyl sites for hydroxylation is 2. The molecule has 2 heteroatoms. The third-order valence-corrected chi connectivity index (χ3v) is 6.42.